The van der Waals surface area contributed by atoms with Gasteiger partial charge in [0.1, 0.15) is 6.33 Å². The van der Waals surface area contributed by atoms with Gasteiger partial charge in [0.25, 0.3) is 5.91 Å². The van der Waals surface area contributed by atoms with Crippen LogP contribution in [0.25, 0.3) is 10.8 Å². The lowest BCUT2D eigenvalue weighted by molar-refractivity contribution is 0.0935. The second kappa shape index (κ2) is 11.6. The van der Waals surface area contributed by atoms with Crippen LogP contribution in [-0.4, -0.2) is 50.6 Å². The van der Waals surface area contributed by atoms with Crippen molar-refractivity contribution in [1.29, 1.82) is 0 Å². The molecule has 13 heteroatoms. The normalized spacial score (nSPS) is 17.8. The average molecular weight is 624 g/mol. The van der Waals surface area contributed by atoms with Gasteiger partial charge in [0.15, 0.2) is 0 Å². The van der Waals surface area contributed by atoms with Crippen molar-refractivity contribution >= 4 is 38.3 Å². The molecule has 4 aromatic heterocycles. The van der Waals surface area contributed by atoms with Crippen LogP contribution in [0.3, 0.4) is 0 Å². The van der Waals surface area contributed by atoms with Crippen molar-refractivity contribution in [3.63, 3.8) is 0 Å². The number of sulfonamides is 1. The number of benzene rings is 1. The first-order valence-corrected chi connectivity index (χ1v) is 16.5. The first kappa shape index (κ1) is 29.0. The standard InChI is InChI=1S/C32H33N9O3S/c1-19(2)14-37-45(43,44)29-12-24-27(39-31(42)21-5-3-9-33-15-21)13-28(30(24)25-17-35-26(11-23(25)29)20-7-8-20)41-18-36-40-32(41)38-22-6-4-10-34-16-22/h3-6,9-12,15-20,27-28,37H,7-8,13-14H2,1-2H3,(H,38,40)(H,39,42)/t27-,28-/m0/s1. The van der Waals surface area contributed by atoms with Crippen molar-refractivity contribution in [2.24, 2.45) is 5.92 Å². The van der Waals surface area contributed by atoms with E-state index in [1.54, 1.807) is 49.3 Å². The fourth-order valence-electron chi connectivity index (χ4n) is 5.90. The zero-order valence-electron chi connectivity index (χ0n) is 24.9. The summed E-state index contributed by atoms with van der Waals surface area (Å²) in [6.07, 6.45) is 12.4. The lowest BCUT2D eigenvalue weighted by Crippen LogP contribution is -2.29. The number of hydrogen-bond donors (Lipinski definition) is 3. The van der Waals surface area contributed by atoms with Gasteiger partial charge in [-0.3, -0.25) is 24.3 Å². The van der Waals surface area contributed by atoms with Crippen molar-refractivity contribution in [2.45, 2.75) is 56.0 Å². The molecule has 0 spiro atoms. The fraction of sp³-hybridized carbons (Fsp3) is 0.312. The minimum absolute atomic E-state index is 0.125. The van der Waals surface area contributed by atoms with E-state index < -0.39 is 16.1 Å². The smallest absolute Gasteiger partial charge is 0.253 e. The van der Waals surface area contributed by atoms with E-state index in [2.05, 4.69) is 35.5 Å². The molecule has 0 unspecified atom stereocenters. The van der Waals surface area contributed by atoms with E-state index in [9.17, 15) is 13.2 Å². The number of pyridine rings is 3. The molecule has 7 rings (SSSR count). The maximum absolute atomic E-state index is 13.9. The second-order valence-corrected chi connectivity index (χ2v) is 13.7. The molecule has 4 heterocycles. The Morgan fingerprint density at radius 1 is 1.04 bits per heavy atom. The van der Waals surface area contributed by atoms with Crippen LogP contribution in [0.1, 0.15) is 78.3 Å². The Labute approximate surface area is 260 Å². The van der Waals surface area contributed by atoms with Crippen LogP contribution in [0.15, 0.2) is 78.6 Å². The summed E-state index contributed by atoms with van der Waals surface area (Å²) in [7, 11) is -3.90. The highest BCUT2D eigenvalue weighted by molar-refractivity contribution is 7.89. The number of rotatable bonds is 10. The zero-order valence-corrected chi connectivity index (χ0v) is 25.7. The van der Waals surface area contributed by atoms with E-state index in [-0.39, 0.29) is 22.8 Å². The maximum atomic E-state index is 13.9. The van der Waals surface area contributed by atoms with Crippen molar-refractivity contribution in [3.05, 3.63) is 96.1 Å². The van der Waals surface area contributed by atoms with Gasteiger partial charge in [-0.05, 0) is 72.7 Å². The van der Waals surface area contributed by atoms with E-state index in [1.165, 1.54) is 6.20 Å². The number of carbonyl (C=O) groups is 1. The number of fused-ring (bicyclic) bond motifs is 3. The highest BCUT2D eigenvalue weighted by Gasteiger charge is 2.39. The summed E-state index contributed by atoms with van der Waals surface area (Å²) >= 11 is 0. The van der Waals surface area contributed by atoms with E-state index in [4.69, 9.17) is 4.98 Å². The molecule has 3 N–H and O–H groups in total. The molecule has 0 aliphatic heterocycles. The summed E-state index contributed by atoms with van der Waals surface area (Å²) in [6.45, 7) is 4.22. The number of aromatic nitrogens is 6. The SMILES string of the molecule is CC(C)CNS(=O)(=O)c1cc2c(c3cnc(C4CC4)cc13)[C@@H](n1cnnc1Nc1cccnc1)C[C@@H]2NC(=O)c1cccnc1. The molecular weight excluding hydrogens is 590 g/mol. The molecule has 0 radical (unpaired) electrons. The van der Waals surface area contributed by atoms with E-state index >= 15 is 0 Å². The number of nitrogens with zero attached hydrogens (tertiary/aromatic N) is 6. The molecule has 1 fully saturated rings. The third-order valence-corrected chi connectivity index (χ3v) is 9.73. The van der Waals surface area contributed by atoms with Crippen LogP contribution in [0.2, 0.25) is 0 Å². The number of anilines is 2. The summed E-state index contributed by atoms with van der Waals surface area (Å²) in [5.41, 5.74) is 3.62. The molecule has 230 valence electrons. The van der Waals surface area contributed by atoms with Crippen LogP contribution in [-0.2, 0) is 10.0 Å². The molecule has 1 amide bonds. The predicted octanol–water partition coefficient (Wildman–Crippen LogP) is 4.64. The number of nitrogens with one attached hydrogen (secondary N) is 3. The van der Waals surface area contributed by atoms with Crippen molar-refractivity contribution in [1.82, 2.24) is 39.8 Å². The van der Waals surface area contributed by atoms with Gasteiger partial charge in [-0.1, -0.05) is 13.8 Å². The fourth-order valence-corrected chi connectivity index (χ4v) is 7.35. The lowest BCUT2D eigenvalue weighted by atomic mass is 9.98. The minimum Gasteiger partial charge on any atom is -0.345 e. The third kappa shape index (κ3) is 5.76. The zero-order chi connectivity index (χ0) is 31.1. The molecular formula is C32H33N9O3S. The van der Waals surface area contributed by atoms with Crippen LogP contribution in [0.4, 0.5) is 11.6 Å². The number of hydrogen-bond acceptors (Lipinski definition) is 9. The van der Waals surface area contributed by atoms with Crippen LogP contribution >= 0.6 is 0 Å². The predicted molar refractivity (Wildman–Crippen MR) is 168 cm³/mol. The largest absolute Gasteiger partial charge is 0.345 e. The Bertz CT molecular complexity index is 1980. The molecule has 0 saturated heterocycles. The first-order valence-electron chi connectivity index (χ1n) is 15.0. The topological polar surface area (TPSA) is 157 Å². The average Bonchev–Trinajstić information content (AvgIpc) is 3.71. The van der Waals surface area contributed by atoms with E-state index in [0.29, 0.717) is 46.7 Å². The summed E-state index contributed by atoms with van der Waals surface area (Å²) in [5.74, 6) is 0.641. The van der Waals surface area contributed by atoms with Crippen molar-refractivity contribution in [2.75, 3.05) is 11.9 Å². The van der Waals surface area contributed by atoms with Gasteiger partial charge in [0.2, 0.25) is 16.0 Å². The molecule has 2 aliphatic rings. The molecule has 0 bridgehead atoms. The molecule has 12 nitrogen and oxygen atoms in total. The Morgan fingerprint density at radius 2 is 1.84 bits per heavy atom. The van der Waals surface area contributed by atoms with E-state index in [1.807, 2.05) is 36.6 Å². The molecule has 1 aromatic carbocycles. The number of carbonyl (C=O) groups excluding carboxylic acids is 1. The molecule has 2 atom stereocenters. The second-order valence-electron chi connectivity index (χ2n) is 12.0. The summed E-state index contributed by atoms with van der Waals surface area (Å²) in [5, 5.41) is 16.3. The number of amides is 1. The summed E-state index contributed by atoms with van der Waals surface area (Å²) in [4.78, 5) is 26.7. The van der Waals surface area contributed by atoms with Crippen molar-refractivity contribution in [3.8, 4) is 0 Å². The molecule has 2 aliphatic carbocycles. The van der Waals surface area contributed by atoms with Gasteiger partial charge in [-0.2, -0.15) is 0 Å². The highest BCUT2D eigenvalue weighted by Crippen LogP contribution is 2.48. The Balaban J connectivity index is 1.39. The van der Waals surface area contributed by atoms with Crippen LogP contribution < -0.4 is 15.4 Å². The third-order valence-electron chi connectivity index (χ3n) is 8.27. The Hall–Kier alpha value is -4.75. The molecule has 1 saturated carbocycles. The van der Waals surface area contributed by atoms with E-state index in [0.717, 1.165) is 29.8 Å². The minimum atomic E-state index is -3.90. The van der Waals surface area contributed by atoms with Gasteiger partial charge in [-0.25, -0.2) is 13.1 Å². The Kier molecular flexibility index (Phi) is 7.50. The van der Waals surface area contributed by atoms with Crippen LogP contribution in [0, 0.1) is 5.92 Å². The van der Waals surface area contributed by atoms with Gasteiger partial charge < -0.3 is 10.6 Å². The van der Waals surface area contributed by atoms with Gasteiger partial charge in [0.05, 0.1) is 34.4 Å². The van der Waals surface area contributed by atoms with Gasteiger partial charge in [-0.15, -0.1) is 10.2 Å². The summed E-state index contributed by atoms with van der Waals surface area (Å²) < 4.78 is 32.5. The van der Waals surface area contributed by atoms with Gasteiger partial charge in [0, 0.05) is 53.7 Å². The van der Waals surface area contributed by atoms with Crippen molar-refractivity contribution < 1.29 is 13.2 Å². The molecule has 45 heavy (non-hydrogen) atoms. The van der Waals surface area contributed by atoms with Crippen LogP contribution in [0.5, 0.6) is 0 Å². The van der Waals surface area contributed by atoms with Gasteiger partial charge >= 0.3 is 0 Å². The monoisotopic (exact) mass is 623 g/mol. The first-order chi connectivity index (χ1) is 21.8. The highest BCUT2D eigenvalue weighted by atomic mass is 32.2. The Morgan fingerprint density at radius 3 is 2.56 bits per heavy atom. The molecule has 5 aromatic rings. The summed E-state index contributed by atoms with van der Waals surface area (Å²) in [6, 6.07) is 9.90. The quantitative estimate of drug-likeness (QED) is 0.202. The maximum Gasteiger partial charge on any atom is 0.253 e. The lowest BCUT2D eigenvalue weighted by Gasteiger charge is -2.20.